The number of rotatable bonds is 13. The van der Waals surface area contributed by atoms with E-state index >= 15 is 0 Å². The Bertz CT molecular complexity index is 561. The van der Waals surface area contributed by atoms with Crippen LogP contribution < -0.4 is 0 Å². The molecule has 0 fully saturated rings. The number of ketones is 1. The molecule has 7 heteroatoms. The Morgan fingerprint density at radius 1 is 1.15 bits per heavy atom. The summed E-state index contributed by atoms with van der Waals surface area (Å²) in [5.74, 6) is -1.31. The minimum absolute atomic E-state index is 0.0960. The molecule has 1 aliphatic rings. The third-order valence-electron chi connectivity index (χ3n) is 3.82. The monoisotopic (exact) mass is 393 g/mol. The number of esters is 2. The van der Waals surface area contributed by atoms with Gasteiger partial charge in [0.05, 0.1) is 6.21 Å². The summed E-state index contributed by atoms with van der Waals surface area (Å²) in [4.78, 5) is 38.4. The van der Waals surface area contributed by atoms with Gasteiger partial charge < -0.3 is 9.47 Å². The van der Waals surface area contributed by atoms with Gasteiger partial charge >= 0.3 is 11.9 Å². The SMILES string of the molecule is C=CC(=O)OCC(COC(=O)C=C)N=CC(=O)CCCCC1CCC=CS1. The number of carbonyl (C=O) groups is 3. The predicted octanol–water partition coefficient (Wildman–Crippen LogP) is 3.42. The fourth-order valence-electron chi connectivity index (χ4n) is 2.33. The number of Topliss-reactive ketones (excluding diaryl/α,β-unsaturated/α-hetero) is 1. The number of hydrogen-bond donors (Lipinski definition) is 0. The zero-order chi connectivity index (χ0) is 19.9. The maximum absolute atomic E-state index is 12.0. The Kier molecular flexibility index (Phi) is 11.8. The average molecular weight is 394 g/mol. The first-order valence-corrected chi connectivity index (χ1v) is 9.94. The Hall–Kier alpha value is -2.15. The van der Waals surface area contributed by atoms with Gasteiger partial charge in [-0.1, -0.05) is 25.7 Å². The standard InChI is InChI=1S/C20H27NO5S/c1-3-19(23)25-14-16(15-26-20(24)4-2)21-13-17(22)9-5-6-10-18-11-7-8-12-27-18/h3-4,8,12-13,16,18H,1-2,5-7,9-11,14-15H2. The number of allylic oxidation sites excluding steroid dienone is 1. The number of thioether (sulfide) groups is 1. The van der Waals surface area contributed by atoms with Crippen molar-refractivity contribution in [1.29, 1.82) is 0 Å². The van der Waals surface area contributed by atoms with E-state index in [1.165, 1.54) is 12.6 Å². The van der Waals surface area contributed by atoms with Crippen molar-refractivity contribution in [2.24, 2.45) is 4.99 Å². The lowest BCUT2D eigenvalue weighted by molar-refractivity contribution is -0.140. The molecular formula is C20H27NO5S. The molecule has 1 rings (SSSR count). The smallest absolute Gasteiger partial charge is 0.330 e. The van der Waals surface area contributed by atoms with E-state index in [1.54, 1.807) is 0 Å². The van der Waals surface area contributed by atoms with Crippen molar-refractivity contribution in [2.45, 2.75) is 49.8 Å². The first-order chi connectivity index (χ1) is 13.0. The lowest BCUT2D eigenvalue weighted by Crippen LogP contribution is -2.24. The van der Waals surface area contributed by atoms with Crippen molar-refractivity contribution in [1.82, 2.24) is 0 Å². The fraction of sp³-hybridized carbons (Fsp3) is 0.500. The minimum atomic E-state index is -0.646. The molecule has 1 heterocycles. The summed E-state index contributed by atoms with van der Waals surface area (Å²) in [5.41, 5.74) is 0. The van der Waals surface area contributed by atoms with E-state index in [2.05, 4.69) is 29.6 Å². The van der Waals surface area contributed by atoms with Crippen LogP contribution in [0.15, 0.2) is 41.8 Å². The van der Waals surface area contributed by atoms with E-state index < -0.39 is 18.0 Å². The van der Waals surface area contributed by atoms with Gasteiger partial charge in [0.25, 0.3) is 0 Å². The van der Waals surface area contributed by atoms with Gasteiger partial charge in [0.1, 0.15) is 19.3 Å². The van der Waals surface area contributed by atoms with Crippen LogP contribution in [0.25, 0.3) is 0 Å². The molecule has 0 saturated heterocycles. The zero-order valence-electron chi connectivity index (χ0n) is 15.5. The lowest BCUT2D eigenvalue weighted by Gasteiger charge is -2.16. The molecule has 0 N–H and O–H groups in total. The Balaban J connectivity index is 2.35. The molecule has 0 amide bonds. The highest BCUT2D eigenvalue weighted by Gasteiger charge is 2.13. The Morgan fingerprint density at radius 2 is 1.81 bits per heavy atom. The predicted molar refractivity (Wildman–Crippen MR) is 108 cm³/mol. The van der Waals surface area contributed by atoms with Crippen molar-refractivity contribution >= 4 is 35.7 Å². The lowest BCUT2D eigenvalue weighted by atomic mass is 10.1. The van der Waals surface area contributed by atoms with E-state index in [-0.39, 0.29) is 19.0 Å². The van der Waals surface area contributed by atoms with Gasteiger partial charge in [0, 0.05) is 23.8 Å². The number of unbranched alkanes of at least 4 members (excludes halogenated alkanes) is 1. The van der Waals surface area contributed by atoms with Crippen LogP contribution in [0.1, 0.15) is 38.5 Å². The number of carbonyl (C=O) groups excluding carboxylic acids is 3. The van der Waals surface area contributed by atoms with Crippen molar-refractivity contribution in [3.8, 4) is 0 Å². The molecule has 0 aromatic heterocycles. The van der Waals surface area contributed by atoms with Crippen LogP contribution in [0, 0.1) is 0 Å². The second-order valence-electron chi connectivity index (χ2n) is 6.02. The van der Waals surface area contributed by atoms with Gasteiger partial charge in [-0.05, 0) is 31.1 Å². The van der Waals surface area contributed by atoms with E-state index in [1.807, 2.05) is 11.8 Å². The molecule has 0 spiro atoms. The van der Waals surface area contributed by atoms with Gasteiger partial charge in [-0.25, -0.2) is 9.59 Å². The summed E-state index contributed by atoms with van der Waals surface area (Å²) >= 11 is 1.87. The quantitative estimate of drug-likeness (QED) is 0.206. The molecule has 0 aromatic carbocycles. The number of hydrogen-bond acceptors (Lipinski definition) is 7. The van der Waals surface area contributed by atoms with Crippen LogP contribution in [-0.2, 0) is 23.9 Å². The highest BCUT2D eigenvalue weighted by Crippen LogP contribution is 2.27. The summed E-state index contributed by atoms with van der Waals surface area (Å²) < 4.78 is 9.82. The molecule has 27 heavy (non-hydrogen) atoms. The first kappa shape index (κ1) is 22.9. The normalized spacial score (nSPS) is 16.3. The van der Waals surface area contributed by atoms with Crippen molar-refractivity contribution in [3.05, 3.63) is 36.8 Å². The molecule has 0 aliphatic carbocycles. The third kappa shape index (κ3) is 11.2. The van der Waals surface area contributed by atoms with E-state index in [4.69, 9.17) is 9.47 Å². The highest BCUT2D eigenvalue weighted by molar-refractivity contribution is 8.02. The summed E-state index contributed by atoms with van der Waals surface area (Å²) in [5, 5.41) is 2.81. The summed E-state index contributed by atoms with van der Waals surface area (Å²) in [6.07, 6.45) is 11.2. The van der Waals surface area contributed by atoms with Gasteiger partial charge in [0.2, 0.25) is 0 Å². The molecule has 0 radical (unpaired) electrons. The molecule has 0 saturated carbocycles. The zero-order valence-corrected chi connectivity index (χ0v) is 16.3. The molecule has 6 nitrogen and oxygen atoms in total. The maximum atomic E-state index is 12.0. The summed E-state index contributed by atoms with van der Waals surface area (Å²) in [6.45, 7) is 6.40. The van der Waals surface area contributed by atoms with Crippen LogP contribution in [0.3, 0.4) is 0 Å². The van der Waals surface area contributed by atoms with Crippen LogP contribution in [0.2, 0.25) is 0 Å². The van der Waals surface area contributed by atoms with Crippen molar-refractivity contribution in [3.63, 3.8) is 0 Å². The second kappa shape index (κ2) is 14.0. The molecule has 1 aliphatic heterocycles. The highest BCUT2D eigenvalue weighted by atomic mass is 32.2. The average Bonchev–Trinajstić information content (AvgIpc) is 2.70. The van der Waals surface area contributed by atoms with Crippen LogP contribution >= 0.6 is 11.8 Å². The fourth-order valence-corrected chi connectivity index (χ4v) is 3.37. The number of nitrogens with zero attached hydrogens (tertiary/aromatic N) is 1. The Morgan fingerprint density at radius 3 is 2.37 bits per heavy atom. The van der Waals surface area contributed by atoms with Crippen molar-refractivity contribution in [2.75, 3.05) is 13.2 Å². The minimum Gasteiger partial charge on any atom is -0.460 e. The maximum Gasteiger partial charge on any atom is 0.330 e. The van der Waals surface area contributed by atoms with Gasteiger partial charge in [-0.15, -0.1) is 11.8 Å². The van der Waals surface area contributed by atoms with Crippen LogP contribution in [0.4, 0.5) is 0 Å². The third-order valence-corrected chi connectivity index (χ3v) is 5.03. The van der Waals surface area contributed by atoms with E-state index in [9.17, 15) is 14.4 Å². The second-order valence-corrected chi connectivity index (χ2v) is 7.23. The summed E-state index contributed by atoms with van der Waals surface area (Å²) in [6, 6.07) is -0.646. The van der Waals surface area contributed by atoms with E-state index in [0.29, 0.717) is 11.7 Å². The van der Waals surface area contributed by atoms with Gasteiger partial charge in [-0.3, -0.25) is 9.79 Å². The first-order valence-electron chi connectivity index (χ1n) is 9.00. The van der Waals surface area contributed by atoms with Crippen LogP contribution in [0.5, 0.6) is 0 Å². The van der Waals surface area contributed by atoms with E-state index in [0.717, 1.165) is 37.8 Å². The summed E-state index contributed by atoms with van der Waals surface area (Å²) in [7, 11) is 0. The molecule has 1 atom stereocenters. The molecule has 148 valence electrons. The number of aliphatic imine (C=N–C) groups is 1. The largest absolute Gasteiger partial charge is 0.460 e. The van der Waals surface area contributed by atoms with Crippen molar-refractivity contribution < 1.29 is 23.9 Å². The number of ether oxygens (including phenoxy) is 2. The Labute approximate surface area is 164 Å². The topological polar surface area (TPSA) is 82.0 Å². The van der Waals surface area contributed by atoms with Gasteiger partial charge in [-0.2, -0.15) is 0 Å². The molecule has 1 unspecified atom stereocenters. The van der Waals surface area contributed by atoms with Crippen LogP contribution in [-0.4, -0.2) is 48.4 Å². The van der Waals surface area contributed by atoms with Gasteiger partial charge in [0.15, 0.2) is 5.78 Å². The molecule has 0 bridgehead atoms. The molecule has 0 aromatic rings. The molecular weight excluding hydrogens is 366 g/mol.